The van der Waals surface area contributed by atoms with Crippen molar-refractivity contribution in [2.24, 2.45) is 11.8 Å². The zero-order chi connectivity index (χ0) is 13.7. The van der Waals surface area contributed by atoms with Gasteiger partial charge in [-0.1, -0.05) is 6.42 Å². The van der Waals surface area contributed by atoms with Gasteiger partial charge in [0, 0.05) is 18.6 Å². The quantitative estimate of drug-likeness (QED) is 0.844. The number of ether oxygens (including phenoxy) is 1. The highest BCUT2D eigenvalue weighted by Crippen LogP contribution is 2.32. The minimum absolute atomic E-state index is 0.134. The van der Waals surface area contributed by atoms with Crippen LogP contribution in [0.25, 0.3) is 0 Å². The van der Waals surface area contributed by atoms with Gasteiger partial charge >= 0.3 is 0 Å². The van der Waals surface area contributed by atoms with Crippen LogP contribution in [0.2, 0.25) is 0 Å². The monoisotopic (exact) mass is 282 g/mol. The average Bonchev–Trinajstić information content (AvgIpc) is 2.92. The molecular formula is C14H19ClN2O2. The van der Waals surface area contributed by atoms with Gasteiger partial charge in [-0.05, 0) is 36.8 Å². The lowest BCUT2D eigenvalue weighted by atomic mass is 9.98. The van der Waals surface area contributed by atoms with Gasteiger partial charge in [-0.3, -0.25) is 4.79 Å². The zero-order valence-electron chi connectivity index (χ0n) is 11.1. The molecule has 1 aliphatic carbocycles. The molecule has 2 unspecified atom stereocenters. The van der Waals surface area contributed by atoms with Crippen molar-refractivity contribution in [1.29, 1.82) is 0 Å². The van der Waals surface area contributed by atoms with Crippen molar-refractivity contribution in [3.05, 3.63) is 23.9 Å². The van der Waals surface area contributed by atoms with Crippen LogP contribution >= 0.6 is 11.6 Å². The molecule has 0 aromatic carbocycles. The molecule has 1 heterocycles. The van der Waals surface area contributed by atoms with Crippen molar-refractivity contribution in [2.75, 3.05) is 19.5 Å². The lowest BCUT2D eigenvalue weighted by Crippen LogP contribution is -2.31. The molecule has 2 rings (SSSR count). The maximum absolute atomic E-state index is 12.1. The molecule has 1 saturated carbocycles. The third-order valence-corrected chi connectivity index (χ3v) is 4.15. The first kappa shape index (κ1) is 14.1. The molecule has 104 valence electrons. The summed E-state index contributed by atoms with van der Waals surface area (Å²) < 4.78 is 5.09. The first-order valence-corrected chi connectivity index (χ1v) is 7.13. The van der Waals surface area contributed by atoms with Crippen LogP contribution in [0.15, 0.2) is 18.3 Å². The van der Waals surface area contributed by atoms with Crippen molar-refractivity contribution in [2.45, 2.75) is 19.3 Å². The number of pyridine rings is 1. The predicted molar refractivity (Wildman–Crippen MR) is 74.7 cm³/mol. The van der Waals surface area contributed by atoms with Crippen LogP contribution in [0.5, 0.6) is 5.88 Å². The highest BCUT2D eigenvalue weighted by Gasteiger charge is 2.27. The molecule has 0 spiro atoms. The second-order valence-corrected chi connectivity index (χ2v) is 5.18. The Morgan fingerprint density at radius 1 is 1.53 bits per heavy atom. The van der Waals surface area contributed by atoms with Crippen LogP contribution in [0, 0.1) is 11.8 Å². The van der Waals surface area contributed by atoms with Gasteiger partial charge in [0.2, 0.25) is 5.88 Å². The number of methoxy groups -OCH3 is 1. The van der Waals surface area contributed by atoms with E-state index in [1.54, 1.807) is 18.3 Å². The number of carbonyl (C=O) groups excluding carboxylic acids is 1. The number of hydrogen-bond donors (Lipinski definition) is 1. The maximum Gasteiger partial charge on any atom is 0.256 e. The van der Waals surface area contributed by atoms with Crippen LogP contribution in [0.4, 0.5) is 0 Å². The molecule has 0 bridgehead atoms. The topological polar surface area (TPSA) is 51.2 Å². The number of nitrogens with one attached hydrogen (secondary N) is 1. The molecule has 1 fully saturated rings. The van der Waals surface area contributed by atoms with Gasteiger partial charge in [0.05, 0.1) is 7.11 Å². The highest BCUT2D eigenvalue weighted by atomic mass is 35.5. The van der Waals surface area contributed by atoms with Gasteiger partial charge in [0.25, 0.3) is 5.91 Å². The minimum atomic E-state index is -0.134. The minimum Gasteiger partial charge on any atom is -0.480 e. The Kier molecular flexibility index (Phi) is 5.02. The Hall–Kier alpha value is -1.29. The Morgan fingerprint density at radius 3 is 3.05 bits per heavy atom. The summed E-state index contributed by atoms with van der Waals surface area (Å²) in [7, 11) is 1.51. The number of alkyl halides is 1. The van der Waals surface area contributed by atoms with E-state index in [9.17, 15) is 4.79 Å². The summed E-state index contributed by atoms with van der Waals surface area (Å²) in [5.74, 6) is 1.92. The number of halogens is 1. The second kappa shape index (κ2) is 6.75. The lowest BCUT2D eigenvalue weighted by Gasteiger charge is -2.17. The van der Waals surface area contributed by atoms with E-state index in [4.69, 9.17) is 16.3 Å². The molecule has 4 nitrogen and oxygen atoms in total. The molecule has 1 aliphatic rings. The Labute approximate surface area is 118 Å². The molecule has 1 N–H and O–H groups in total. The Bertz CT molecular complexity index is 439. The number of rotatable bonds is 5. The number of hydrogen-bond acceptors (Lipinski definition) is 3. The number of amides is 1. The molecule has 2 atom stereocenters. The van der Waals surface area contributed by atoms with Crippen LogP contribution < -0.4 is 10.1 Å². The molecule has 1 amide bonds. The van der Waals surface area contributed by atoms with Crippen LogP contribution in [-0.4, -0.2) is 30.4 Å². The molecular weight excluding hydrogens is 264 g/mol. The molecule has 1 aromatic rings. The predicted octanol–water partition coefficient (Wildman–Crippen LogP) is 2.48. The normalized spacial score (nSPS) is 22.2. The summed E-state index contributed by atoms with van der Waals surface area (Å²) in [6.45, 7) is 0.675. The van der Waals surface area contributed by atoms with Gasteiger partial charge in [-0.25, -0.2) is 4.98 Å². The summed E-state index contributed by atoms with van der Waals surface area (Å²) in [5, 5.41) is 2.96. The number of aromatic nitrogens is 1. The van der Waals surface area contributed by atoms with E-state index in [1.165, 1.54) is 20.0 Å². The van der Waals surface area contributed by atoms with E-state index in [0.717, 1.165) is 6.42 Å². The van der Waals surface area contributed by atoms with E-state index in [1.807, 2.05) is 0 Å². The van der Waals surface area contributed by atoms with Crippen LogP contribution in [0.1, 0.15) is 29.6 Å². The summed E-state index contributed by atoms with van der Waals surface area (Å²) >= 11 is 5.94. The maximum atomic E-state index is 12.1. The zero-order valence-corrected chi connectivity index (χ0v) is 11.8. The standard InChI is InChI=1S/C14H19ClN2O2/c1-19-14-12(6-3-7-16-14)13(18)17-9-11-5-2-4-10(11)8-15/h3,6-7,10-11H,2,4-5,8-9H2,1H3,(H,17,18). The van der Waals surface area contributed by atoms with Crippen molar-refractivity contribution in [3.8, 4) is 5.88 Å². The average molecular weight is 283 g/mol. The smallest absolute Gasteiger partial charge is 0.256 e. The number of nitrogens with zero attached hydrogens (tertiary/aromatic N) is 1. The molecule has 19 heavy (non-hydrogen) atoms. The molecule has 0 radical (unpaired) electrons. The molecule has 5 heteroatoms. The first-order valence-electron chi connectivity index (χ1n) is 6.59. The fourth-order valence-corrected chi connectivity index (χ4v) is 3.04. The summed E-state index contributed by atoms with van der Waals surface area (Å²) in [4.78, 5) is 16.1. The third-order valence-electron chi connectivity index (χ3n) is 3.75. The third kappa shape index (κ3) is 3.38. The van der Waals surface area contributed by atoms with Crippen molar-refractivity contribution < 1.29 is 9.53 Å². The first-order chi connectivity index (χ1) is 9.26. The van der Waals surface area contributed by atoms with Gasteiger partial charge in [0.1, 0.15) is 5.56 Å². The lowest BCUT2D eigenvalue weighted by molar-refractivity contribution is 0.0941. The fraction of sp³-hybridized carbons (Fsp3) is 0.571. The molecule has 1 aromatic heterocycles. The van der Waals surface area contributed by atoms with E-state index in [2.05, 4.69) is 10.3 Å². The van der Waals surface area contributed by atoms with Crippen molar-refractivity contribution in [3.63, 3.8) is 0 Å². The van der Waals surface area contributed by atoms with E-state index < -0.39 is 0 Å². The Morgan fingerprint density at radius 2 is 2.32 bits per heavy atom. The van der Waals surface area contributed by atoms with Crippen LogP contribution in [0.3, 0.4) is 0 Å². The SMILES string of the molecule is COc1ncccc1C(=O)NCC1CCCC1CCl. The van der Waals surface area contributed by atoms with Gasteiger partial charge in [-0.2, -0.15) is 0 Å². The van der Waals surface area contributed by atoms with Gasteiger partial charge in [-0.15, -0.1) is 11.6 Å². The van der Waals surface area contributed by atoms with E-state index >= 15 is 0 Å². The molecule has 0 aliphatic heterocycles. The van der Waals surface area contributed by atoms with E-state index in [-0.39, 0.29) is 5.91 Å². The van der Waals surface area contributed by atoms with Gasteiger partial charge < -0.3 is 10.1 Å². The van der Waals surface area contributed by atoms with Gasteiger partial charge in [0.15, 0.2) is 0 Å². The fourth-order valence-electron chi connectivity index (χ4n) is 2.63. The second-order valence-electron chi connectivity index (χ2n) is 4.88. The number of carbonyl (C=O) groups is 1. The largest absolute Gasteiger partial charge is 0.480 e. The van der Waals surface area contributed by atoms with Crippen molar-refractivity contribution in [1.82, 2.24) is 10.3 Å². The van der Waals surface area contributed by atoms with E-state index in [0.29, 0.717) is 35.7 Å². The highest BCUT2D eigenvalue weighted by molar-refractivity contribution is 6.18. The Balaban J connectivity index is 1.94. The van der Waals surface area contributed by atoms with Crippen molar-refractivity contribution >= 4 is 17.5 Å². The summed E-state index contributed by atoms with van der Waals surface area (Å²) in [6, 6.07) is 3.45. The summed E-state index contributed by atoms with van der Waals surface area (Å²) in [6.07, 6.45) is 5.12. The summed E-state index contributed by atoms with van der Waals surface area (Å²) in [5.41, 5.74) is 0.477. The van der Waals surface area contributed by atoms with Crippen LogP contribution in [-0.2, 0) is 0 Å². The molecule has 0 saturated heterocycles.